The molecule has 7 heteroatoms. The number of hydrogen-bond acceptors (Lipinski definition) is 6. The Morgan fingerprint density at radius 3 is 2.39 bits per heavy atom. The van der Waals surface area contributed by atoms with Gasteiger partial charge < -0.3 is 19.3 Å². The second-order valence-electron chi connectivity index (χ2n) is 8.82. The molecule has 0 saturated carbocycles. The van der Waals surface area contributed by atoms with Crippen LogP contribution in [0.5, 0.6) is 23.0 Å². The van der Waals surface area contributed by atoms with Gasteiger partial charge in [-0.1, -0.05) is 12.5 Å². The Morgan fingerprint density at radius 1 is 0.917 bits per heavy atom. The summed E-state index contributed by atoms with van der Waals surface area (Å²) in [6.45, 7) is 3.93. The second-order valence-corrected chi connectivity index (χ2v) is 9.91. The number of likely N-dealkylation sites (tertiary alicyclic amines) is 1. The van der Waals surface area contributed by atoms with E-state index in [9.17, 15) is 9.90 Å². The van der Waals surface area contributed by atoms with Crippen LogP contribution in [-0.2, 0) is 0 Å². The van der Waals surface area contributed by atoms with Crippen molar-refractivity contribution in [3.05, 3.63) is 71.6 Å². The zero-order valence-electron chi connectivity index (χ0n) is 20.2. The fourth-order valence-electron chi connectivity index (χ4n) is 4.51. The zero-order valence-corrected chi connectivity index (χ0v) is 21.1. The number of fused-ring (bicyclic) bond motifs is 1. The molecule has 1 N–H and O–H groups in total. The first-order valence-corrected chi connectivity index (χ1v) is 13.0. The molecule has 0 bridgehead atoms. The number of methoxy groups -OCH3 is 1. The number of piperidine rings is 1. The highest BCUT2D eigenvalue weighted by molar-refractivity contribution is 7.17. The van der Waals surface area contributed by atoms with E-state index in [4.69, 9.17) is 14.2 Å². The Kier molecular flexibility index (Phi) is 7.39. The summed E-state index contributed by atoms with van der Waals surface area (Å²) in [4.78, 5) is 15.0. The first kappa shape index (κ1) is 24.2. The lowest BCUT2D eigenvalue weighted by Crippen LogP contribution is -2.33. The van der Waals surface area contributed by atoms with Gasteiger partial charge in [0.2, 0.25) is 0 Å². The molecule has 0 radical (unpaired) electrons. The summed E-state index contributed by atoms with van der Waals surface area (Å²) in [5.74, 6) is 1.99. The molecule has 1 aliphatic rings. The molecule has 1 saturated heterocycles. The average molecular weight is 504 g/mol. The van der Waals surface area contributed by atoms with Gasteiger partial charge in [0, 0.05) is 22.4 Å². The molecule has 0 amide bonds. The van der Waals surface area contributed by atoms with Crippen LogP contribution >= 0.6 is 11.3 Å². The van der Waals surface area contributed by atoms with E-state index in [1.54, 1.807) is 13.2 Å². The third-order valence-corrected chi connectivity index (χ3v) is 7.53. The van der Waals surface area contributed by atoms with Gasteiger partial charge in [0.15, 0.2) is 0 Å². The molecule has 4 aromatic rings. The van der Waals surface area contributed by atoms with Crippen LogP contribution in [0.4, 0.5) is 0 Å². The van der Waals surface area contributed by atoms with Gasteiger partial charge in [0.1, 0.15) is 34.5 Å². The van der Waals surface area contributed by atoms with Gasteiger partial charge in [-0.2, -0.15) is 0 Å². The molecule has 0 atom stereocenters. The van der Waals surface area contributed by atoms with Crippen molar-refractivity contribution in [1.82, 2.24) is 4.90 Å². The number of ether oxygens (including phenoxy) is 3. The van der Waals surface area contributed by atoms with Gasteiger partial charge >= 0.3 is 5.97 Å². The summed E-state index contributed by atoms with van der Waals surface area (Å²) >= 11 is 1.23. The number of benzene rings is 3. The topological polar surface area (TPSA) is 68.2 Å². The van der Waals surface area contributed by atoms with Crippen molar-refractivity contribution in [2.75, 3.05) is 33.4 Å². The molecule has 1 aliphatic heterocycles. The zero-order chi connectivity index (χ0) is 24.9. The van der Waals surface area contributed by atoms with Gasteiger partial charge in [-0.05, 0) is 92.0 Å². The Labute approximate surface area is 214 Å². The van der Waals surface area contributed by atoms with E-state index in [1.807, 2.05) is 60.7 Å². The van der Waals surface area contributed by atoms with E-state index >= 15 is 0 Å². The van der Waals surface area contributed by atoms with Crippen molar-refractivity contribution in [2.45, 2.75) is 19.3 Å². The third-order valence-electron chi connectivity index (χ3n) is 6.43. The summed E-state index contributed by atoms with van der Waals surface area (Å²) < 4.78 is 17.8. The Bertz CT molecular complexity index is 1340. The largest absolute Gasteiger partial charge is 0.497 e. The van der Waals surface area contributed by atoms with Crippen molar-refractivity contribution in [2.24, 2.45) is 0 Å². The minimum atomic E-state index is -0.935. The first-order chi connectivity index (χ1) is 17.6. The molecule has 36 heavy (non-hydrogen) atoms. The highest BCUT2D eigenvalue weighted by atomic mass is 32.1. The van der Waals surface area contributed by atoms with Crippen molar-refractivity contribution < 1.29 is 24.1 Å². The average Bonchev–Trinajstić information content (AvgIpc) is 3.41. The Morgan fingerprint density at radius 2 is 1.67 bits per heavy atom. The Hall–Kier alpha value is -3.55. The van der Waals surface area contributed by atoms with Crippen LogP contribution in [0.1, 0.15) is 28.9 Å². The number of carboxylic acids is 1. The molecular weight excluding hydrogens is 474 g/mol. The van der Waals surface area contributed by atoms with Crippen molar-refractivity contribution >= 4 is 28.1 Å². The number of carboxylic acid groups (broad SMARTS) is 1. The highest BCUT2D eigenvalue weighted by Crippen LogP contribution is 2.43. The number of hydrogen-bond donors (Lipinski definition) is 1. The van der Waals surface area contributed by atoms with Gasteiger partial charge in [0.05, 0.1) is 7.11 Å². The molecule has 0 unspecified atom stereocenters. The van der Waals surface area contributed by atoms with E-state index in [0.717, 1.165) is 52.3 Å². The third kappa shape index (κ3) is 5.48. The lowest BCUT2D eigenvalue weighted by Gasteiger charge is -2.26. The lowest BCUT2D eigenvalue weighted by molar-refractivity contribution is 0.0702. The molecule has 5 rings (SSSR count). The number of aromatic carboxylic acids is 1. The van der Waals surface area contributed by atoms with Crippen molar-refractivity contribution in [3.63, 3.8) is 0 Å². The van der Waals surface area contributed by atoms with E-state index in [0.29, 0.717) is 18.1 Å². The molecule has 0 spiro atoms. The number of thiophene rings is 1. The number of carbonyl (C=O) groups is 1. The predicted octanol–water partition coefficient (Wildman–Crippen LogP) is 6.93. The van der Waals surface area contributed by atoms with Crippen LogP contribution in [0.15, 0.2) is 66.7 Å². The monoisotopic (exact) mass is 503 g/mol. The molecule has 1 aromatic heterocycles. The molecule has 6 nitrogen and oxygen atoms in total. The van der Waals surface area contributed by atoms with Gasteiger partial charge in [-0.15, -0.1) is 11.3 Å². The maximum atomic E-state index is 11.5. The van der Waals surface area contributed by atoms with E-state index < -0.39 is 5.97 Å². The standard InChI is InChI=1S/C29H29NO5S/c1-33-23-10-12-24-20(19-23)5-11-25(26-13-14-27(36-26)29(31)32)28(24)35-22-8-6-21(7-9-22)34-18-17-30-15-3-2-4-16-30/h5-14,19H,2-4,15-18H2,1H3,(H,31,32). The predicted molar refractivity (Wildman–Crippen MR) is 143 cm³/mol. The molecule has 0 aliphatic carbocycles. The maximum absolute atomic E-state index is 11.5. The van der Waals surface area contributed by atoms with Crippen LogP contribution in [-0.4, -0.2) is 49.3 Å². The van der Waals surface area contributed by atoms with Crippen LogP contribution in [0.3, 0.4) is 0 Å². The summed E-state index contributed by atoms with van der Waals surface area (Å²) in [7, 11) is 1.64. The van der Waals surface area contributed by atoms with Gasteiger partial charge in [0.25, 0.3) is 0 Å². The fraction of sp³-hybridized carbons (Fsp3) is 0.276. The second kappa shape index (κ2) is 11.0. The van der Waals surface area contributed by atoms with Crippen LogP contribution in [0, 0.1) is 0 Å². The first-order valence-electron chi connectivity index (χ1n) is 12.2. The van der Waals surface area contributed by atoms with Crippen LogP contribution in [0.2, 0.25) is 0 Å². The molecule has 186 valence electrons. The number of nitrogens with zero attached hydrogens (tertiary/aromatic N) is 1. The lowest BCUT2D eigenvalue weighted by atomic mass is 10.0. The highest BCUT2D eigenvalue weighted by Gasteiger charge is 2.17. The molecular formula is C29H29NO5S. The maximum Gasteiger partial charge on any atom is 0.345 e. The van der Waals surface area contributed by atoms with E-state index in [1.165, 1.54) is 30.6 Å². The van der Waals surface area contributed by atoms with Gasteiger partial charge in [-0.3, -0.25) is 4.90 Å². The number of rotatable bonds is 9. The SMILES string of the molecule is COc1ccc2c(Oc3ccc(OCCN4CCCCC4)cc3)c(-c3ccc(C(=O)O)s3)ccc2c1. The normalized spacial score (nSPS) is 14.0. The van der Waals surface area contributed by atoms with Crippen LogP contribution in [0.25, 0.3) is 21.2 Å². The summed E-state index contributed by atoms with van der Waals surface area (Å²) in [6, 6.07) is 20.9. The minimum absolute atomic E-state index is 0.289. The molecule has 3 aromatic carbocycles. The summed E-state index contributed by atoms with van der Waals surface area (Å²) in [5.41, 5.74) is 0.840. The van der Waals surface area contributed by atoms with Crippen LogP contribution < -0.4 is 14.2 Å². The smallest absolute Gasteiger partial charge is 0.345 e. The summed E-state index contributed by atoms with van der Waals surface area (Å²) in [5, 5.41) is 11.3. The van der Waals surface area contributed by atoms with E-state index in [-0.39, 0.29) is 4.88 Å². The van der Waals surface area contributed by atoms with E-state index in [2.05, 4.69) is 4.90 Å². The van der Waals surface area contributed by atoms with Crippen molar-refractivity contribution in [1.29, 1.82) is 0 Å². The van der Waals surface area contributed by atoms with Crippen molar-refractivity contribution in [3.8, 4) is 33.4 Å². The summed E-state index contributed by atoms with van der Waals surface area (Å²) in [6.07, 6.45) is 3.88. The quantitative estimate of drug-likeness (QED) is 0.267. The fourth-order valence-corrected chi connectivity index (χ4v) is 5.37. The molecule has 2 heterocycles. The van der Waals surface area contributed by atoms with Gasteiger partial charge in [-0.25, -0.2) is 4.79 Å². The minimum Gasteiger partial charge on any atom is -0.497 e. The molecule has 1 fully saturated rings. The Balaban J connectivity index is 1.38.